The van der Waals surface area contributed by atoms with E-state index < -0.39 is 0 Å². The van der Waals surface area contributed by atoms with Crippen LogP contribution in [-0.4, -0.2) is 21.5 Å². The third-order valence-electron chi connectivity index (χ3n) is 3.37. The molecule has 0 bridgehead atoms. The number of aryl methyl sites for hydroxylation is 1. The summed E-state index contributed by atoms with van der Waals surface area (Å²) < 4.78 is 8.72. The molecule has 0 aliphatic heterocycles. The Morgan fingerprint density at radius 3 is 2.95 bits per heavy atom. The van der Waals surface area contributed by atoms with E-state index in [2.05, 4.69) is 50.6 Å². The molecule has 0 saturated heterocycles. The minimum atomic E-state index is 0.0889. The SMILES string of the molecule is CCNC(Cc1cn(C)nn1)c1cc2cccc(Br)c2o1. The molecule has 1 aromatic carbocycles. The van der Waals surface area contributed by atoms with Crippen molar-refractivity contribution in [2.24, 2.45) is 7.05 Å². The van der Waals surface area contributed by atoms with E-state index in [1.54, 1.807) is 4.68 Å². The van der Waals surface area contributed by atoms with Crippen LogP contribution in [0.1, 0.15) is 24.4 Å². The number of nitrogens with one attached hydrogen (secondary N) is 1. The number of hydrogen-bond donors (Lipinski definition) is 1. The summed E-state index contributed by atoms with van der Waals surface area (Å²) in [6, 6.07) is 8.23. The van der Waals surface area contributed by atoms with Gasteiger partial charge in [-0.25, -0.2) is 0 Å². The van der Waals surface area contributed by atoms with E-state index in [9.17, 15) is 0 Å². The van der Waals surface area contributed by atoms with Crippen LogP contribution in [0.3, 0.4) is 0 Å². The van der Waals surface area contributed by atoms with Crippen LogP contribution in [0.5, 0.6) is 0 Å². The fraction of sp³-hybridized carbons (Fsp3) is 0.333. The van der Waals surface area contributed by atoms with Crippen molar-refractivity contribution in [1.82, 2.24) is 20.3 Å². The molecule has 1 unspecified atom stereocenters. The number of rotatable bonds is 5. The third kappa shape index (κ3) is 3.01. The summed E-state index contributed by atoms with van der Waals surface area (Å²) >= 11 is 3.53. The summed E-state index contributed by atoms with van der Waals surface area (Å²) in [5, 5.41) is 12.7. The first-order valence-corrected chi connectivity index (χ1v) is 7.73. The normalized spacial score (nSPS) is 12.9. The molecule has 1 N–H and O–H groups in total. The number of aromatic nitrogens is 3. The molecule has 0 saturated carbocycles. The maximum atomic E-state index is 6.03. The van der Waals surface area contributed by atoms with Crippen LogP contribution in [-0.2, 0) is 13.5 Å². The largest absolute Gasteiger partial charge is 0.458 e. The van der Waals surface area contributed by atoms with E-state index in [0.717, 1.165) is 39.9 Å². The number of hydrogen-bond acceptors (Lipinski definition) is 4. The number of likely N-dealkylation sites (N-methyl/N-ethyl adjacent to an activating group) is 1. The van der Waals surface area contributed by atoms with E-state index in [1.165, 1.54) is 0 Å². The summed E-state index contributed by atoms with van der Waals surface area (Å²) in [4.78, 5) is 0. The van der Waals surface area contributed by atoms with Crippen LogP contribution in [0.25, 0.3) is 11.0 Å². The second kappa shape index (κ2) is 5.99. The van der Waals surface area contributed by atoms with E-state index >= 15 is 0 Å². The molecule has 0 amide bonds. The number of halogens is 1. The van der Waals surface area contributed by atoms with Crippen LogP contribution in [0.4, 0.5) is 0 Å². The monoisotopic (exact) mass is 348 g/mol. The molecule has 0 aliphatic carbocycles. The first kappa shape index (κ1) is 14.3. The summed E-state index contributed by atoms with van der Waals surface area (Å²) in [6.45, 7) is 2.95. The highest BCUT2D eigenvalue weighted by Gasteiger charge is 2.18. The van der Waals surface area contributed by atoms with Gasteiger partial charge in [-0.3, -0.25) is 4.68 Å². The van der Waals surface area contributed by atoms with Crippen LogP contribution in [0, 0.1) is 0 Å². The third-order valence-corrected chi connectivity index (χ3v) is 4.00. The number of furan rings is 1. The molecule has 0 aliphatic rings. The molecule has 110 valence electrons. The molecule has 3 aromatic rings. The lowest BCUT2D eigenvalue weighted by molar-refractivity contribution is 0.432. The van der Waals surface area contributed by atoms with Crippen LogP contribution < -0.4 is 5.32 Å². The topological polar surface area (TPSA) is 55.9 Å². The Morgan fingerprint density at radius 1 is 1.43 bits per heavy atom. The molecule has 2 heterocycles. The van der Waals surface area contributed by atoms with Gasteiger partial charge in [0, 0.05) is 25.1 Å². The molecule has 2 aromatic heterocycles. The number of fused-ring (bicyclic) bond motifs is 1. The van der Waals surface area contributed by atoms with Crippen LogP contribution in [0.15, 0.2) is 39.4 Å². The Labute approximate surface area is 131 Å². The zero-order valence-corrected chi connectivity index (χ0v) is 13.6. The molecule has 5 nitrogen and oxygen atoms in total. The quantitative estimate of drug-likeness (QED) is 0.769. The number of nitrogens with zero attached hydrogens (tertiary/aromatic N) is 3. The Morgan fingerprint density at radius 2 is 2.29 bits per heavy atom. The molecule has 1 atom stereocenters. The highest BCUT2D eigenvalue weighted by molar-refractivity contribution is 9.10. The van der Waals surface area contributed by atoms with Crippen molar-refractivity contribution in [1.29, 1.82) is 0 Å². The Bertz CT molecular complexity index is 749. The summed E-state index contributed by atoms with van der Waals surface area (Å²) in [5.74, 6) is 0.921. The lowest BCUT2D eigenvalue weighted by Gasteiger charge is -2.13. The standard InChI is InChI=1S/C15H17BrN4O/c1-3-17-13(8-11-9-20(2)19-18-11)14-7-10-5-4-6-12(16)15(10)21-14/h4-7,9,13,17H,3,8H2,1-2H3. The molecular weight excluding hydrogens is 332 g/mol. The van der Waals surface area contributed by atoms with Crippen molar-refractivity contribution in [2.45, 2.75) is 19.4 Å². The van der Waals surface area contributed by atoms with Crippen molar-refractivity contribution in [3.63, 3.8) is 0 Å². The van der Waals surface area contributed by atoms with Gasteiger partial charge in [0.15, 0.2) is 0 Å². The maximum absolute atomic E-state index is 6.03. The second-order valence-corrected chi connectivity index (χ2v) is 5.86. The summed E-state index contributed by atoms with van der Waals surface area (Å²) in [7, 11) is 1.87. The van der Waals surface area contributed by atoms with E-state index in [4.69, 9.17) is 4.42 Å². The van der Waals surface area contributed by atoms with Gasteiger partial charge in [-0.15, -0.1) is 5.10 Å². The molecule has 0 radical (unpaired) electrons. The highest BCUT2D eigenvalue weighted by Crippen LogP contribution is 2.30. The molecule has 6 heteroatoms. The Kier molecular flexibility index (Phi) is 4.07. The van der Waals surface area contributed by atoms with Crippen molar-refractivity contribution < 1.29 is 4.42 Å². The van der Waals surface area contributed by atoms with Gasteiger partial charge < -0.3 is 9.73 Å². The van der Waals surface area contributed by atoms with Gasteiger partial charge in [0.25, 0.3) is 0 Å². The Balaban J connectivity index is 1.93. The zero-order valence-electron chi connectivity index (χ0n) is 12.0. The van der Waals surface area contributed by atoms with Gasteiger partial charge in [0.2, 0.25) is 0 Å². The van der Waals surface area contributed by atoms with E-state index in [0.29, 0.717) is 0 Å². The second-order valence-electron chi connectivity index (χ2n) is 5.00. The minimum absolute atomic E-state index is 0.0889. The lowest BCUT2D eigenvalue weighted by atomic mass is 10.1. The van der Waals surface area contributed by atoms with Crippen molar-refractivity contribution in [3.8, 4) is 0 Å². The predicted octanol–water partition coefficient (Wildman–Crippen LogP) is 3.22. The van der Waals surface area contributed by atoms with Crippen LogP contribution >= 0.6 is 15.9 Å². The Hall–Kier alpha value is -1.66. The molecule has 21 heavy (non-hydrogen) atoms. The van der Waals surface area contributed by atoms with Gasteiger partial charge in [-0.2, -0.15) is 0 Å². The highest BCUT2D eigenvalue weighted by atomic mass is 79.9. The average Bonchev–Trinajstić information content (AvgIpc) is 3.05. The first-order chi connectivity index (χ1) is 10.2. The average molecular weight is 349 g/mol. The molecular formula is C15H17BrN4O. The maximum Gasteiger partial charge on any atom is 0.148 e. The predicted molar refractivity (Wildman–Crippen MR) is 85.0 cm³/mol. The fourth-order valence-electron chi connectivity index (χ4n) is 2.44. The molecule has 0 fully saturated rings. The summed E-state index contributed by atoms with van der Waals surface area (Å²) in [6.07, 6.45) is 2.68. The van der Waals surface area contributed by atoms with Gasteiger partial charge in [-0.1, -0.05) is 24.3 Å². The smallest absolute Gasteiger partial charge is 0.148 e. The summed E-state index contributed by atoms with van der Waals surface area (Å²) in [5.41, 5.74) is 1.83. The fourth-order valence-corrected chi connectivity index (χ4v) is 2.90. The number of para-hydroxylation sites is 1. The molecule has 3 rings (SSSR count). The zero-order chi connectivity index (χ0) is 14.8. The number of benzene rings is 1. The van der Waals surface area contributed by atoms with Gasteiger partial charge >= 0.3 is 0 Å². The van der Waals surface area contributed by atoms with Crippen molar-refractivity contribution >= 4 is 26.9 Å². The van der Waals surface area contributed by atoms with Gasteiger partial charge in [-0.05, 0) is 34.6 Å². The molecule has 0 spiro atoms. The van der Waals surface area contributed by atoms with Crippen molar-refractivity contribution in [3.05, 3.63) is 46.4 Å². The van der Waals surface area contributed by atoms with Gasteiger partial charge in [0.05, 0.1) is 16.2 Å². The van der Waals surface area contributed by atoms with Crippen molar-refractivity contribution in [2.75, 3.05) is 6.54 Å². The minimum Gasteiger partial charge on any atom is -0.458 e. The lowest BCUT2D eigenvalue weighted by Crippen LogP contribution is -2.22. The van der Waals surface area contributed by atoms with E-state index in [-0.39, 0.29) is 6.04 Å². The van der Waals surface area contributed by atoms with Gasteiger partial charge in [0.1, 0.15) is 11.3 Å². The van der Waals surface area contributed by atoms with E-state index in [1.807, 2.05) is 25.4 Å². The first-order valence-electron chi connectivity index (χ1n) is 6.94. The van der Waals surface area contributed by atoms with Crippen LogP contribution in [0.2, 0.25) is 0 Å².